The highest BCUT2D eigenvalue weighted by Gasteiger charge is 2.64. The van der Waals surface area contributed by atoms with Crippen molar-refractivity contribution >= 4 is 17.4 Å². The zero-order chi connectivity index (χ0) is 20.2. The number of para-hydroxylation sites is 1. The topological polar surface area (TPSA) is 62.6 Å². The second-order valence-electron chi connectivity index (χ2n) is 7.62. The lowest BCUT2D eigenvalue weighted by Gasteiger charge is -2.35. The molecule has 1 N–H and O–H groups in total. The Hall–Kier alpha value is -3.25. The minimum absolute atomic E-state index is 0.217. The summed E-state index contributed by atoms with van der Waals surface area (Å²) in [6.07, 6.45) is 1.45. The number of rotatable bonds is 3. The van der Waals surface area contributed by atoms with Gasteiger partial charge in [-0.2, -0.15) is 0 Å². The van der Waals surface area contributed by atoms with E-state index in [0.717, 1.165) is 11.1 Å². The summed E-state index contributed by atoms with van der Waals surface area (Å²) in [6.45, 7) is 0.477. The summed E-state index contributed by atoms with van der Waals surface area (Å²) >= 11 is 0. The minimum atomic E-state index is -1.15. The van der Waals surface area contributed by atoms with E-state index in [1.807, 2.05) is 36.2 Å². The van der Waals surface area contributed by atoms with Gasteiger partial charge in [0.25, 0.3) is 0 Å². The number of ketones is 1. The van der Waals surface area contributed by atoms with Crippen molar-refractivity contribution in [2.45, 2.75) is 11.5 Å². The van der Waals surface area contributed by atoms with Crippen LogP contribution in [0.3, 0.4) is 0 Å². The number of likely N-dealkylation sites (tertiary alicyclic amines) is 1. The minimum Gasteiger partial charge on any atom is -0.461 e. The van der Waals surface area contributed by atoms with Crippen LogP contribution < -0.4 is 5.32 Å². The lowest BCUT2D eigenvalue weighted by Crippen LogP contribution is -2.51. The number of nitrogens with one attached hydrogen (secondary N) is 1. The molecule has 5 rings (SSSR count). The lowest BCUT2D eigenvalue weighted by atomic mass is 9.71. The summed E-state index contributed by atoms with van der Waals surface area (Å²) in [4.78, 5) is 29.0. The molecule has 2 aliphatic heterocycles. The van der Waals surface area contributed by atoms with E-state index in [1.165, 1.54) is 18.4 Å². The van der Waals surface area contributed by atoms with Crippen LogP contribution in [0.1, 0.15) is 27.6 Å². The average Bonchev–Trinajstić information content (AvgIpc) is 3.42. The van der Waals surface area contributed by atoms with Gasteiger partial charge in [0.05, 0.1) is 12.2 Å². The Labute approximate surface area is 167 Å². The fourth-order valence-electron chi connectivity index (χ4n) is 4.98. The van der Waals surface area contributed by atoms with Crippen LogP contribution in [0.4, 0.5) is 10.1 Å². The zero-order valence-electron chi connectivity index (χ0n) is 15.8. The van der Waals surface area contributed by atoms with Gasteiger partial charge in [-0.3, -0.25) is 14.5 Å². The molecule has 1 fully saturated rings. The molecule has 3 atom stereocenters. The van der Waals surface area contributed by atoms with Crippen molar-refractivity contribution in [1.29, 1.82) is 0 Å². The molecule has 2 aliphatic rings. The molecule has 1 aromatic heterocycles. The highest BCUT2D eigenvalue weighted by molar-refractivity contribution is 6.11. The molecule has 2 aromatic carbocycles. The van der Waals surface area contributed by atoms with E-state index < -0.39 is 11.5 Å². The Bertz CT molecular complexity index is 1090. The van der Waals surface area contributed by atoms with Crippen LogP contribution in [0.2, 0.25) is 0 Å². The second kappa shape index (κ2) is 6.39. The first kappa shape index (κ1) is 17.8. The molecular formula is C23H19FN2O3. The summed E-state index contributed by atoms with van der Waals surface area (Å²) in [7, 11) is 1.85. The molecule has 6 heteroatoms. The number of halogens is 1. The van der Waals surface area contributed by atoms with Gasteiger partial charge in [-0.05, 0) is 42.9 Å². The summed E-state index contributed by atoms with van der Waals surface area (Å²) in [5.41, 5.74) is 1.15. The molecule has 3 unspecified atom stereocenters. The van der Waals surface area contributed by atoms with Crippen molar-refractivity contribution in [1.82, 2.24) is 4.90 Å². The maximum absolute atomic E-state index is 13.6. The van der Waals surface area contributed by atoms with E-state index >= 15 is 0 Å². The summed E-state index contributed by atoms with van der Waals surface area (Å²) in [6, 6.07) is 16.9. The van der Waals surface area contributed by atoms with Crippen LogP contribution >= 0.6 is 0 Å². The Kier molecular flexibility index (Phi) is 3.93. The van der Waals surface area contributed by atoms with E-state index in [2.05, 4.69) is 5.32 Å². The fourth-order valence-corrected chi connectivity index (χ4v) is 4.98. The number of carbonyl (C=O) groups is 2. The largest absolute Gasteiger partial charge is 0.461 e. The smallest absolute Gasteiger partial charge is 0.250 e. The molecule has 3 aromatic rings. The van der Waals surface area contributed by atoms with Gasteiger partial charge in [-0.1, -0.05) is 30.3 Å². The van der Waals surface area contributed by atoms with Crippen molar-refractivity contribution in [3.05, 3.63) is 89.6 Å². The number of hydrogen-bond acceptors (Lipinski definition) is 4. The Morgan fingerprint density at radius 2 is 1.90 bits per heavy atom. The van der Waals surface area contributed by atoms with Crippen molar-refractivity contribution in [3.63, 3.8) is 0 Å². The lowest BCUT2D eigenvalue weighted by molar-refractivity contribution is -0.126. The van der Waals surface area contributed by atoms with Crippen LogP contribution in [0, 0.1) is 11.7 Å². The predicted molar refractivity (Wildman–Crippen MR) is 105 cm³/mol. The molecule has 0 radical (unpaired) electrons. The van der Waals surface area contributed by atoms with Crippen molar-refractivity contribution < 1.29 is 18.4 Å². The van der Waals surface area contributed by atoms with Gasteiger partial charge < -0.3 is 9.73 Å². The molecule has 0 aliphatic carbocycles. The Morgan fingerprint density at radius 3 is 2.62 bits per heavy atom. The van der Waals surface area contributed by atoms with E-state index in [9.17, 15) is 14.0 Å². The van der Waals surface area contributed by atoms with E-state index in [0.29, 0.717) is 12.2 Å². The first-order chi connectivity index (χ1) is 14.0. The van der Waals surface area contributed by atoms with E-state index in [1.54, 1.807) is 24.3 Å². The summed E-state index contributed by atoms with van der Waals surface area (Å²) in [5.74, 6) is -1.60. The Morgan fingerprint density at radius 1 is 1.14 bits per heavy atom. The molecular weight excluding hydrogens is 371 g/mol. The van der Waals surface area contributed by atoms with E-state index in [-0.39, 0.29) is 29.2 Å². The number of likely N-dealkylation sites (N-methyl/N-ethyl adjacent to an activating group) is 1. The fraction of sp³-hybridized carbons (Fsp3) is 0.217. The molecule has 1 amide bonds. The summed E-state index contributed by atoms with van der Waals surface area (Å²) in [5, 5.41) is 2.95. The van der Waals surface area contributed by atoms with Gasteiger partial charge in [0.1, 0.15) is 11.4 Å². The van der Waals surface area contributed by atoms with Gasteiger partial charge >= 0.3 is 0 Å². The van der Waals surface area contributed by atoms with Gasteiger partial charge in [0.2, 0.25) is 11.7 Å². The monoisotopic (exact) mass is 390 g/mol. The number of fused-ring (bicyclic) bond motifs is 2. The van der Waals surface area contributed by atoms with Gasteiger partial charge in [0.15, 0.2) is 5.76 Å². The number of nitrogens with zero attached hydrogens (tertiary/aromatic N) is 1. The second-order valence-corrected chi connectivity index (χ2v) is 7.62. The van der Waals surface area contributed by atoms with Gasteiger partial charge in [-0.15, -0.1) is 0 Å². The predicted octanol–water partition coefficient (Wildman–Crippen LogP) is 3.79. The normalized spacial score (nSPS) is 25.9. The van der Waals surface area contributed by atoms with Gasteiger partial charge in [0, 0.05) is 23.7 Å². The molecule has 5 nitrogen and oxygen atoms in total. The van der Waals surface area contributed by atoms with Crippen LogP contribution in [0.5, 0.6) is 0 Å². The standard InChI is InChI=1S/C23H19FN2O3/c1-26-13-16(14-8-10-15(24)11-9-14)20(21(27)19-7-4-12-29-19)23(26)17-5-2-3-6-18(17)25-22(23)28/h2-12,16,20H,13H2,1H3,(H,25,28). The number of Topliss-reactive ketones (excluding diaryl/α,β-unsaturated/α-hetero) is 1. The maximum atomic E-state index is 13.6. The number of anilines is 1. The molecule has 146 valence electrons. The van der Waals surface area contributed by atoms with E-state index in [4.69, 9.17) is 4.42 Å². The third kappa shape index (κ3) is 2.42. The Balaban J connectivity index is 1.73. The first-order valence-electron chi connectivity index (χ1n) is 9.49. The molecule has 0 bridgehead atoms. The number of carbonyl (C=O) groups excluding carboxylic acids is 2. The van der Waals surface area contributed by atoms with Crippen molar-refractivity contribution in [2.75, 3.05) is 18.9 Å². The maximum Gasteiger partial charge on any atom is 0.250 e. The van der Waals surface area contributed by atoms with Crippen molar-refractivity contribution in [2.24, 2.45) is 5.92 Å². The quantitative estimate of drug-likeness (QED) is 0.691. The number of amides is 1. The SMILES string of the molecule is CN1CC(c2ccc(F)cc2)C(C(=O)c2ccco2)C12C(=O)Nc1ccccc12. The molecule has 1 saturated heterocycles. The molecule has 29 heavy (non-hydrogen) atoms. The number of hydrogen-bond donors (Lipinski definition) is 1. The van der Waals surface area contributed by atoms with Crippen LogP contribution in [0.25, 0.3) is 0 Å². The number of benzene rings is 2. The van der Waals surface area contributed by atoms with Gasteiger partial charge in [-0.25, -0.2) is 4.39 Å². The average molecular weight is 390 g/mol. The van der Waals surface area contributed by atoms with Crippen LogP contribution in [-0.2, 0) is 10.3 Å². The van der Waals surface area contributed by atoms with Crippen LogP contribution in [0.15, 0.2) is 71.3 Å². The summed E-state index contributed by atoms with van der Waals surface area (Å²) < 4.78 is 18.9. The highest BCUT2D eigenvalue weighted by atomic mass is 19.1. The molecule has 1 spiro atoms. The molecule has 3 heterocycles. The zero-order valence-corrected chi connectivity index (χ0v) is 15.8. The number of furan rings is 1. The third-order valence-corrected chi connectivity index (χ3v) is 6.20. The molecule has 0 saturated carbocycles. The van der Waals surface area contributed by atoms with Crippen LogP contribution in [-0.4, -0.2) is 30.2 Å². The first-order valence-corrected chi connectivity index (χ1v) is 9.49. The van der Waals surface area contributed by atoms with Crippen molar-refractivity contribution in [3.8, 4) is 0 Å². The third-order valence-electron chi connectivity index (χ3n) is 6.20. The highest BCUT2D eigenvalue weighted by Crippen LogP contribution is 2.55.